The van der Waals surface area contributed by atoms with Crippen molar-refractivity contribution in [2.24, 2.45) is 0 Å². The number of rotatable bonds is 8. The first-order valence-corrected chi connectivity index (χ1v) is 7.89. The Morgan fingerprint density at radius 1 is 1.17 bits per heavy atom. The van der Waals surface area contributed by atoms with Crippen LogP contribution in [0.25, 0.3) is 0 Å². The lowest BCUT2D eigenvalue weighted by molar-refractivity contribution is -0.126. The molecular formula is C18H25NO4. The van der Waals surface area contributed by atoms with Crippen LogP contribution < -0.4 is 0 Å². The number of likely N-dealkylation sites (tertiary alicyclic amines) is 1. The first-order chi connectivity index (χ1) is 11.0. The molecule has 0 aromatic carbocycles. The van der Waals surface area contributed by atoms with E-state index in [4.69, 9.17) is 5.11 Å². The van der Waals surface area contributed by atoms with Crippen LogP contribution in [0.2, 0.25) is 0 Å². The van der Waals surface area contributed by atoms with Crippen LogP contribution in [0.5, 0.6) is 0 Å². The molecule has 2 N–H and O–H groups in total. The number of ketones is 1. The second-order valence-corrected chi connectivity index (χ2v) is 5.41. The molecule has 0 aromatic rings. The molecule has 1 fully saturated rings. The number of nitrogens with zero attached hydrogens (tertiary/aromatic N) is 1. The van der Waals surface area contributed by atoms with E-state index in [0.717, 1.165) is 11.3 Å². The van der Waals surface area contributed by atoms with Crippen LogP contribution in [0.1, 0.15) is 32.6 Å². The first-order valence-electron chi connectivity index (χ1n) is 7.89. The van der Waals surface area contributed by atoms with E-state index in [9.17, 15) is 14.7 Å². The van der Waals surface area contributed by atoms with E-state index in [0.29, 0.717) is 0 Å². The molecule has 0 aromatic heterocycles. The number of likely N-dealkylation sites (N-methyl/N-ethyl adjacent to an activating group) is 1. The lowest BCUT2D eigenvalue weighted by atomic mass is 10.1. The maximum atomic E-state index is 12.0. The summed E-state index contributed by atoms with van der Waals surface area (Å²) in [6, 6.07) is -0.908. The molecule has 0 saturated carbocycles. The molecule has 0 bridgehead atoms. The topological polar surface area (TPSA) is 77.8 Å². The van der Waals surface area contributed by atoms with Crippen molar-refractivity contribution in [2.45, 2.75) is 38.6 Å². The van der Waals surface area contributed by atoms with Gasteiger partial charge in [0.25, 0.3) is 5.91 Å². The zero-order valence-electron chi connectivity index (χ0n) is 13.7. The van der Waals surface area contributed by atoms with Gasteiger partial charge in [0.2, 0.25) is 0 Å². The monoisotopic (exact) mass is 319 g/mol. The quantitative estimate of drug-likeness (QED) is 0.237. The molecular weight excluding hydrogens is 294 g/mol. The summed E-state index contributed by atoms with van der Waals surface area (Å²) < 4.78 is 0. The maximum absolute atomic E-state index is 12.0. The van der Waals surface area contributed by atoms with E-state index in [-0.39, 0.29) is 11.3 Å². The molecule has 126 valence electrons. The molecule has 1 saturated heterocycles. The van der Waals surface area contributed by atoms with Gasteiger partial charge in [-0.3, -0.25) is 9.59 Å². The fraction of sp³-hybridized carbons (Fsp3) is 0.444. The number of amides is 1. The zero-order chi connectivity index (χ0) is 17.2. The zero-order valence-corrected chi connectivity index (χ0v) is 13.7. The summed E-state index contributed by atoms with van der Waals surface area (Å²) in [6.45, 7) is 1.71. The fourth-order valence-corrected chi connectivity index (χ4v) is 2.25. The Morgan fingerprint density at radius 2 is 1.87 bits per heavy atom. The van der Waals surface area contributed by atoms with Crippen LogP contribution in [0.15, 0.2) is 47.8 Å². The molecule has 1 atom stereocenters. The van der Waals surface area contributed by atoms with Gasteiger partial charge in [-0.05, 0) is 18.9 Å². The maximum Gasteiger partial charge on any atom is 0.261 e. The van der Waals surface area contributed by atoms with Gasteiger partial charge in [-0.15, -0.1) is 0 Å². The molecule has 5 nitrogen and oxygen atoms in total. The van der Waals surface area contributed by atoms with Crippen LogP contribution in [-0.2, 0) is 9.59 Å². The summed E-state index contributed by atoms with van der Waals surface area (Å²) in [5.74, 6) is -1.50. The molecule has 23 heavy (non-hydrogen) atoms. The summed E-state index contributed by atoms with van der Waals surface area (Å²) in [4.78, 5) is 25.0. The number of hydrogen-bond donors (Lipinski definition) is 2. The molecule has 5 heteroatoms. The Kier molecular flexibility index (Phi) is 8.05. The predicted molar refractivity (Wildman–Crippen MR) is 89.9 cm³/mol. The average molecular weight is 319 g/mol. The second-order valence-electron chi connectivity index (χ2n) is 5.41. The van der Waals surface area contributed by atoms with E-state index < -0.39 is 24.3 Å². The highest BCUT2D eigenvalue weighted by Crippen LogP contribution is 2.21. The van der Waals surface area contributed by atoms with Crippen LogP contribution >= 0.6 is 0 Å². The fourth-order valence-electron chi connectivity index (χ4n) is 2.25. The highest BCUT2D eigenvalue weighted by Gasteiger charge is 2.42. The van der Waals surface area contributed by atoms with Crippen LogP contribution in [0.3, 0.4) is 0 Å². The van der Waals surface area contributed by atoms with Gasteiger partial charge in [0.15, 0.2) is 5.78 Å². The number of aliphatic hydroxyl groups excluding tert-OH is 2. The Balaban J connectivity index is 2.62. The molecule has 1 unspecified atom stereocenters. The van der Waals surface area contributed by atoms with Crippen molar-refractivity contribution < 1.29 is 19.8 Å². The average Bonchev–Trinajstić information content (AvgIpc) is 2.75. The van der Waals surface area contributed by atoms with Gasteiger partial charge in [0.05, 0.1) is 6.61 Å². The van der Waals surface area contributed by atoms with Crippen molar-refractivity contribution in [1.29, 1.82) is 0 Å². The van der Waals surface area contributed by atoms with E-state index in [1.807, 2.05) is 12.2 Å². The predicted octanol–water partition coefficient (Wildman–Crippen LogP) is 2.45. The molecule has 1 amide bonds. The number of carbonyl (C=O) groups excluding carboxylic acids is 2. The molecule has 0 radical (unpaired) electrons. The molecule has 1 rings (SSSR count). The van der Waals surface area contributed by atoms with Crippen LogP contribution in [-0.4, -0.2) is 46.5 Å². The van der Waals surface area contributed by atoms with Gasteiger partial charge in [-0.1, -0.05) is 50.1 Å². The number of hydrogen-bond acceptors (Lipinski definition) is 4. The standard InChI is InChI=1S/C18H25NO4/c1-3-4-5-6-7-8-9-10-11-12-15(21)16-17(22)14(13-20)19(2)18(16)23/h7-12,14,20-21H,3-6,13H2,1-2H3/b8-7+,10-9+,12-11+,16-15-. The third-order valence-electron chi connectivity index (χ3n) is 3.68. The van der Waals surface area contributed by atoms with Crippen molar-refractivity contribution >= 4 is 11.7 Å². The largest absolute Gasteiger partial charge is 0.507 e. The van der Waals surface area contributed by atoms with Crippen LogP contribution in [0, 0.1) is 0 Å². The smallest absolute Gasteiger partial charge is 0.261 e. The molecule has 1 aliphatic rings. The second kappa shape index (κ2) is 9.79. The number of unbranched alkanes of at least 4 members (excludes halogenated alkanes) is 3. The summed E-state index contributed by atoms with van der Waals surface area (Å²) in [6.07, 6.45) is 15.0. The van der Waals surface area contributed by atoms with Gasteiger partial charge >= 0.3 is 0 Å². The lowest BCUT2D eigenvalue weighted by Gasteiger charge is -2.13. The number of allylic oxidation sites excluding steroid dienone is 6. The summed E-state index contributed by atoms with van der Waals surface area (Å²) in [7, 11) is 1.42. The molecule has 0 aliphatic carbocycles. The normalized spacial score (nSPS) is 21.5. The first kappa shape index (κ1) is 18.9. The minimum atomic E-state index is -0.908. The van der Waals surface area contributed by atoms with Crippen molar-refractivity contribution in [3.63, 3.8) is 0 Å². The van der Waals surface area contributed by atoms with E-state index >= 15 is 0 Å². The van der Waals surface area contributed by atoms with Crippen molar-refractivity contribution in [3.05, 3.63) is 47.8 Å². The third kappa shape index (κ3) is 5.21. The number of carbonyl (C=O) groups is 2. The minimum Gasteiger partial charge on any atom is -0.507 e. The summed E-state index contributed by atoms with van der Waals surface area (Å²) >= 11 is 0. The van der Waals surface area contributed by atoms with Crippen molar-refractivity contribution in [2.75, 3.05) is 13.7 Å². The van der Waals surface area contributed by atoms with E-state index in [2.05, 4.69) is 13.0 Å². The van der Waals surface area contributed by atoms with E-state index in [1.54, 1.807) is 12.2 Å². The van der Waals surface area contributed by atoms with Crippen LogP contribution in [0.4, 0.5) is 0 Å². The lowest BCUT2D eigenvalue weighted by Crippen LogP contribution is -2.34. The van der Waals surface area contributed by atoms with Gasteiger partial charge in [0, 0.05) is 7.05 Å². The molecule has 1 heterocycles. The Hall–Kier alpha value is -2.14. The highest BCUT2D eigenvalue weighted by molar-refractivity contribution is 6.27. The minimum absolute atomic E-state index is 0.272. The van der Waals surface area contributed by atoms with Gasteiger partial charge in [-0.2, -0.15) is 0 Å². The molecule has 1 aliphatic heterocycles. The Labute approximate surface area is 137 Å². The van der Waals surface area contributed by atoms with Crippen molar-refractivity contribution in [3.8, 4) is 0 Å². The number of aliphatic hydroxyl groups is 2. The molecule has 0 spiro atoms. The Bertz CT molecular complexity index is 543. The van der Waals surface area contributed by atoms with Gasteiger partial charge in [0.1, 0.15) is 17.4 Å². The van der Waals surface area contributed by atoms with Gasteiger partial charge in [-0.25, -0.2) is 0 Å². The van der Waals surface area contributed by atoms with E-state index in [1.165, 1.54) is 32.4 Å². The number of Topliss-reactive ketones (excluding diaryl/α,β-unsaturated/α-hetero) is 1. The van der Waals surface area contributed by atoms with Gasteiger partial charge < -0.3 is 15.1 Å². The summed E-state index contributed by atoms with van der Waals surface area (Å²) in [5.41, 5.74) is -0.272. The highest BCUT2D eigenvalue weighted by atomic mass is 16.3. The third-order valence-corrected chi connectivity index (χ3v) is 3.68. The Morgan fingerprint density at radius 3 is 2.48 bits per heavy atom. The SMILES string of the molecule is CCCCC/C=C/C=C/C=C/C(O)=C1\C(=O)C(CO)N(C)C1=O. The summed E-state index contributed by atoms with van der Waals surface area (Å²) in [5, 5.41) is 19.0. The van der Waals surface area contributed by atoms with Crippen molar-refractivity contribution in [1.82, 2.24) is 4.90 Å².